The van der Waals surface area contributed by atoms with Crippen LogP contribution in [0, 0.1) is 0 Å². The van der Waals surface area contributed by atoms with Gasteiger partial charge < -0.3 is 19.3 Å². The summed E-state index contributed by atoms with van der Waals surface area (Å²) in [5.41, 5.74) is 0.0111. The van der Waals surface area contributed by atoms with Gasteiger partial charge in [-0.1, -0.05) is 12.1 Å². The van der Waals surface area contributed by atoms with Crippen LogP contribution in [0.1, 0.15) is 37.0 Å². The number of methoxy groups -OCH3 is 1. The van der Waals surface area contributed by atoms with E-state index in [4.69, 9.17) is 19.3 Å². The number of ether oxygens (including phenoxy) is 3. The van der Waals surface area contributed by atoms with Crippen molar-refractivity contribution < 1.29 is 24.1 Å². The number of para-hydroxylation sites is 1. The minimum Gasteiger partial charge on any atom is -0.493 e. The number of hydrogen-bond donors (Lipinski definition) is 1. The summed E-state index contributed by atoms with van der Waals surface area (Å²) in [5, 5.41) is 9.02. The fourth-order valence-corrected chi connectivity index (χ4v) is 1.63. The topological polar surface area (TPSA) is 65.0 Å². The van der Waals surface area contributed by atoms with E-state index < -0.39 is 5.97 Å². The fourth-order valence-electron chi connectivity index (χ4n) is 1.63. The maximum atomic E-state index is 11.0. The van der Waals surface area contributed by atoms with Gasteiger partial charge in [-0.05, 0) is 32.4 Å². The first-order valence-electron chi connectivity index (χ1n) is 7.04. The molecule has 0 aromatic heterocycles. The molecule has 0 fully saturated rings. The third kappa shape index (κ3) is 6.60. The third-order valence-electron chi connectivity index (χ3n) is 3.21. The van der Waals surface area contributed by atoms with Crippen molar-refractivity contribution in [2.75, 3.05) is 26.9 Å². The van der Waals surface area contributed by atoms with Gasteiger partial charge in [0.15, 0.2) is 0 Å². The van der Waals surface area contributed by atoms with Crippen LogP contribution in [0.2, 0.25) is 0 Å². The molecule has 0 amide bonds. The third-order valence-corrected chi connectivity index (χ3v) is 3.21. The van der Waals surface area contributed by atoms with Gasteiger partial charge in [0.2, 0.25) is 0 Å². The van der Waals surface area contributed by atoms with Crippen LogP contribution >= 0.6 is 0 Å². The molecule has 0 spiro atoms. The number of carboxylic acids is 1. The fraction of sp³-hybridized carbons (Fsp3) is 0.562. The van der Waals surface area contributed by atoms with Gasteiger partial charge in [0, 0.05) is 26.7 Å². The summed E-state index contributed by atoms with van der Waals surface area (Å²) in [5.74, 6) is -0.589. The van der Waals surface area contributed by atoms with Crippen molar-refractivity contribution in [1.82, 2.24) is 0 Å². The van der Waals surface area contributed by atoms with Gasteiger partial charge in [0.25, 0.3) is 0 Å². The summed E-state index contributed by atoms with van der Waals surface area (Å²) >= 11 is 0. The molecule has 1 aromatic carbocycles. The Morgan fingerprint density at radius 1 is 1.19 bits per heavy atom. The van der Waals surface area contributed by atoms with E-state index in [1.807, 2.05) is 13.8 Å². The van der Waals surface area contributed by atoms with Gasteiger partial charge in [-0.25, -0.2) is 4.79 Å². The molecule has 0 aliphatic rings. The first kappa shape index (κ1) is 17.5. The molecule has 5 nitrogen and oxygen atoms in total. The summed E-state index contributed by atoms with van der Waals surface area (Å²) in [6.45, 7) is 5.67. The Bertz CT molecular complexity index is 442. The Labute approximate surface area is 125 Å². The number of carbonyl (C=O) groups is 1. The van der Waals surface area contributed by atoms with Crippen LogP contribution < -0.4 is 4.74 Å². The zero-order valence-corrected chi connectivity index (χ0v) is 12.9. The smallest absolute Gasteiger partial charge is 0.339 e. The molecule has 0 aliphatic heterocycles. The summed E-state index contributed by atoms with van der Waals surface area (Å²) < 4.78 is 16.3. The second-order valence-electron chi connectivity index (χ2n) is 5.33. The highest BCUT2D eigenvalue weighted by atomic mass is 16.5. The summed E-state index contributed by atoms with van der Waals surface area (Å²) in [6.07, 6.45) is 1.54. The monoisotopic (exact) mass is 296 g/mol. The summed E-state index contributed by atoms with van der Waals surface area (Å²) in [4.78, 5) is 11.0. The molecule has 0 aliphatic carbocycles. The van der Waals surface area contributed by atoms with Gasteiger partial charge >= 0.3 is 5.97 Å². The average molecular weight is 296 g/mol. The lowest BCUT2D eigenvalue weighted by atomic mass is 10.1. The SMILES string of the molecule is COC(C)(C)CCOCCCOc1ccccc1C(=O)O. The van der Waals surface area contributed by atoms with Crippen LogP contribution in [-0.2, 0) is 9.47 Å². The van der Waals surface area contributed by atoms with Gasteiger partial charge in [0.05, 0.1) is 12.2 Å². The molecule has 1 N–H and O–H groups in total. The first-order chi connectivity index (χ1) is 9.96. The van der Waals surface area contributed by atoms with E-state index in [9.17, 15) is 4.79 Å². The van der Waals surface area contributed by atoms with E-state index in [0.29, 0.717) is 32.0 Å². The Morgan fingerprint density at radius 3 is 2.57 bits per heavy atom. The van der Waals surface area contributed by atoms with E-state index >= 15 is 0 Å². The van der Waals surface area contributed by atoms with Crippen LogP contribution in [0.5, 0.6) is 5.75 Å². The summed E-state index contributed by atoms with van der Waals surface area (Å²) in [6, 6.07) is 6.62. The molecule has 21 heavy (non-hydrogen) atoms. The molecule has 0 radical (unpaired) electrons. The molecule has 5 heteroatoms. The first-order valence-corrected chi connectivity index (χ1v) is 7.04. The van der Waals surface area contributed by atoms with Crippen LogP contribution in [0.15, 0.2) is 24.3 Å². The second-order valence-corrected chi connectivity index (χ2v) is 5.33. The predicted molar refractivity (Wildman–Crippen MR) is 80.0 cm³/mol. The van der Waals surface area contributed by atoms with Crippen molar-refractivity contribution in [2.45, 2.75) is 32.3 Å². The normalized spacial score (nSPS) is 11.4. The molecular formula is C16H24O5. The molecular weight excluding hydrogens is 272 g/mol. The lowest BCUT2D eigenvalue weighted by molar-refractivity contribution is -0.0107. The molecule has 118 valence electrons. The zero-order chi connectivity index (χ0) is 15.7. The highest BCUT2D eigenvalue weighted by Gasteiger charge is 2.15. The molecule has 0 heterocycles. The quantitative estimate of drug-likeness (QED) is 0.672. The van der Waals surface area contributed by atoms with Gasteiger partial charge in [0.1, 0.15) is 11.3 Å². The lowest BCUT2D eigenvalue weighted by Crippen LogP contribution is -2.24. The number of hydrogen-bond acceptors (Lipinski definition) is 4. The number of carboxylic acid groups (broad SMARTS) is 1. The number of aromatic carboxylic acids is 1. The van der Waals surface area contributed by atoms with Gasteiger partial charge in [-0.2, -0.15) is 0 Å². The predicted octanol–water partition coefficient (Wildman–Crippen LogP) is 2.99. The van der Waals surface area contributed by atoms with E-state index in [2.05, 4.69) is 0 Å². The van der Waals surface area contributed by atoms with Crippen molar-refractivity contribution in [3.8, 4) is 5.75 Å². The van der Waals surface area contributed by atoms with E-state index in [-0.39, 0.29) is 11.2 Å². The van der Waals surface area contributed by atoms with Crippen LogP contribution in [0.4, 0.5) is 0 Å². The van der Waals surface area contributed by atoms with Crippen molar-refractivity contribution in [3.05, 3.63) is 29.8 Å². The number of benzene rings is 1. The molecule has 0 saturated carbocycles. The zero-order valence-electron chi connectivity index (χ0n) is 12.9. The highest BCUT2D eigenvalue weighted by molar-refractivity contribution is 5.90. The summed E-state index contributed by atoms with van der Waals surface area (Å²) in [7, 11) is 1.69. The van der Waals surface area contributed by atoms with Gasteiger partial charge in [-0.3, -0.25) is 0 Å². The van der Waals surface area contributed by atoms with Crippen LogP contribution in [0.3, 0.4) is 0 Å². The second kappa shape index (κ2) is 8.64. The highest BCUT2D eigenvalue weighted by Crippen LogP contribution is 2.18. The van der Waals surface area contributed by atoms with Gasteiger partial charge in [-0.15, -0.1) is 0 Å². The van der Waals surface area contributed by atoms with Crippen LogP contribution in [-0.4, -0.2) is 43.6 Å². The van der Waals surface area contributed by atoms with Crippen molar-refractivity contribution in [1.29, 1.82) is 0 Å². The molecule has 1 aromatic rings. The Balaban J connectivity index is 2.19. The maximum Gasteiger partial charge on any atom is 0.339 e. The Morgan fingerprint density at radius 2 is 1.90 bits per heavy atom. The van der Waals surface area contributed by atoms with Crippen molar-refractivity contribution in [3.63, 3.8) is 0 Å². The largest absolute Gasteiger partial charge is 0.493 e. The molecule has 0 bridgehead atoms. The van der Waals surface area contributed by atoms with E-state index in [1.165, 1.54) is 6.07 Å². The van der Waals surface area contributed by atoms with Crippen molar-refractivity contribution in [2.24, 2.45) is 0 Å². The van der Waals surface area contributed by atoms with Crippen molar-refractivity contribution >= 4 is 5.97 Å². The molecule has 1 rings (SSSR count). The van der Waals surface area contributed by atoms with E-state index in [0.717, 1.165) is 6.42 Å². The Hall–Kier alpha value is -1.59. The number of rotatable bonds is 10. The van der Waals surface area contributed by atoms with E-state index in [1.54, 1.807) is 25.3 Å². The lowest BCUT2D eigenvalue weighted by Gasteiger charge is -2.22. The minimum absolute atomic E-state index is 0.170. The minimum atomic E-state index is -0.983. The molecule has 0 unspecified atom stereocenters. The standard InChI is InChI=1S/C16H24O5/c1-16(2,19-3)9-12-20-10-6-11-21-14-8-5-4-7-13(14)15(17)18/h4-5,7-8H,6,9-12H2,1-3H3,(H,17,18). The molecule has 0 atom stereocenters. The van der Waals surface area contributed by atoms with Crippen LogP contribution in [0.25, 0.3) is 0 Å². The average Bonchev–Trinajstić information content (AvgIpc) is 2.46. The molecule has 0 saturated heterocycles. The maximum absolute atomic E-state index is 11.0. The Kier molecular flexibility index (Phi) is 7.19.